The van der Waals surface area contributed by atoms with Crippen LogP contribution in [0.25, 0.3) is 10.8 Å². The molecular weight excluding hydrogens is 288 g/mol. The Bertz CT molecular complexity index is 741. The van der Waals surface area contributed by atoms with Crippen molar-refractivity contribution in [2.75, 3.05) is 13.1 Å². The summed E-state index contributed by atoms with van der Waals surface area (Å²) in [7, 11) is 0. The molecule has 0 unspecified atom stereocenters. The third kappa shape index (κ3) is 3.07. The minimum Gasteiger partial charge on any atom is -0.332 e. The molecule has 2 aromatic carbocycles. The first kappa shape index (κ1) is 15.5. The molecule has 23 heavy (non-hydrogen) atoms. The van der Waals surface area contributed by atoms with Gasteiger partial charge in [-0.05, 0) is 35.7 Å². The number of benzene rings is 2. The molecule has 1 atom stereocenters. The summed E-state index contributed by atoms with van der Waals surface area (Å²) in [4.78, 5) is 28.2. The van der Waals surface area contributed by atoms with Crippen LogP contribution in [0.5, 0.6) is 0 Å². The highest BCUT2D eigenvalue weighted by molar-refractivity contribution is 5.94. The lowest BCUT2D eigenvalue weighted by molar-refractivity contribution is -0.155. The van der Waals surface area contributed by atoms with Gasteiger partial charge < -0.3 is 9.80 Å². The minimum absolute atomic E-state index is 0.0266. The van der Waals surface area contributed by atoms with Crippen LogP contribution in [-0.4, -0.2) is 40.7 Å². The quantitative estimate of drug-likeness (QED) is 0.871. The molecule has 2 aromatic rings. The fourth-order valence-electron chi connectivity index (χ4n) is 3.16. The summed E-state index contributed by atoms with van der Waals surface area (Å²) in [6.07, 6.45) is 0.871. The summed E-state index contributed by atoms with van der Waals surface area (Å²) in [6, 6.07) is 14.0. The van der Waals surface area contributed by atoms with Crippen molar-refractivity contribution in [2.45, 2.75) is 32.9 Å². The highest BCUT2D eigenvalue weighted by Gasteiger charge is 2.35. The smallest absolute Gasteiger partial charge is 0.245 e. The van der Waals surface area contributed by atoms with Gasteiger partial charge in [0.25, 0.3) is 0 Å². The lowest BCUT2D eigenvalue weighted by Gasteiger charge is -2.38. The summed E-state index contributed by atoms with van der Waals surface area (Å²) in [6.45, 7) is 5.17. The SMILES string of the molecule is CCCN1CC(=O)N(Cc2ccc3ccccc3c2)[C@H](C)C1=O. The first-order valence-electron chi connectivity index (χ1n) is 8.16. The molecule has 1 aliphatic rings. The van der Waals surface area contributed by atoms with Crippen LogP contribution in [0.4, 0.5) is 0 Å². The van der Waals surface area contributed by atoms with Gasteiger partial charge in [0.2, 0.25) is 11.8 Å². The molecule has 3 rings (SSSR count). The Morgan fingerprint density at radius 1 is 1.09 bits per heavy atom. The van der Waals surface area contributed by atoms with Gasteiger partial charge in [-0.3, -0.25) is 9.59 Å². The molecule has 2 amide bonds. The lowest BCUT2D eigenvalue weighted by atomic mass is 10.1. The number of rotatable bonds is 4. The summed E-state index contributed by atoms with van der Waals surface area (Å²) < 4.78 is 0. The Hall–Kier alpha value is -2.36. The average molecular weight is 310 g/mol. The van der Waals surface area contributed by atoms with E-state index in [9.17, 15) is 9.59 Å². The summed E-state index contributed by atoms with van der Waals surface area (Å²) in [5, 5.41) is 2.33. The van der Waals surface area contributed by atoms with E-state index in [2.05, 4.69) is 24.3 Å². The van der Waals surface area contributed by atoms with Gasteiger partial charge in [0.05, 0.1) is 6.54 Å². The maximum atomic E-state index is 12.4. The topological polar surface area (TPSA) is 40.6 Å². The highest BCUT2D eigenvalue weighted by Crippen LogP contribution is 2.20. The van der Waals surface area contributed by atoms with E-state index < -0.39 is 6.04 Å². The predicted molar refractivity (Wildman–Crippen MR) is 90.8 cm³/mol. The molecule has 0 N–H and O–H groups in total. The summed E-state index contributed by atoms with van der Waals surface area (Å²) in [5.41, 5.74) is 1.06. The molecule has 0 radical (unpaired) electrons. The van der Waals surface area contributed by atoms with Crippen molar-refractivity contribution in [1.29, 1.82) is 0 Å². The van der Waals surface area contributed by atoms with Crippen molar-refractivity contribution >= 4 is 22.6 Å². The van der Waals surface area contributed by atoms with Crippen molar-refractivity contribution in [3.63, 3.8) is 0 Å². The third-order valence-corrected chi connectivity index (χ3v) is 4.44. The van der Waals surface area contributed by atoms with E-state index in [1.54, 1.807) is 9.80 Å². The Labute approximate surface area is 136 Å². The van der Waals surface area contributed by atoms with E-state index in [0.29, 0.717) is 13.1 Å². The van der Waals surface area contributed by atoms with Gasteiger partial charge in [0.1, 0.15) is 6.04 Å². The van der Waals surface area contributed by atoms with Crippen LogP contribution in [0.1, 0.15) is 25.8 Å². The van der Waals surface area contributed by atoms with Crippen LogP contribution in [0.3, 0.4) is 0 Å². The summed E-state index contributed by atoms with van der Waals surface area (Å²) >= 11 is 0. The molecule has 4 nitrogen and oxygen atoms in total. The van der Waals surface area contributed by atoms with Crippen molar-refractivity contribution < 1.29 is 9.59 Å². The van der Waals surface area contributed by atoms with Crippen molar-refractivity contribution in [1.82, 2.24) is 9.80 Å². The van der Waals surface area contributed by atoms with Gasteiger partial charge in [-0.25, -0.2) is 0 Å². The Balaban J connectivity index is 1.80. The number of fused-ring (bicyclic) bond motifs is 1. The number of carbonyl (C=O) groups excluding carboxylic acids is 2. The maximum Gasteiger partial charge on any atom is 0.245 e. The molecule has 1 fully saturated rings. The largest absolute Gasteiger partial charge is 0.332 e. The zero-order chi connectivity index (χ0) is 16.4. The zero-order valence-corrected chi connectivity index (χ0v) is 13.7. The molecule has 120 valence electrons. The molecule has 4 heteroatoms. The monoisotopic (exact) mass is 310 g/mol. The first-order chi connectivity index (χ1) is 11.1. The first-order valence-corrected chi connectivity index (χ1v) is 8.16. The number of nitrogens with zero attached hydrogens (tertiary/aromatic N) is 2. The number of amides is 2. The molecule has 0 spiro atoms. The zero-order valence-electron chi connectivity index (χ0n) is 13.7. The minimum atomic E-state index is -0.394. The average Bonchev–Trinajstić information content (AvgIpc) is 2.56. The Morgan fingerprint density at radius 2 is 1.83 bits per heavy atom. The van der Waals surface area contributed by atoms with Gasteiger partial charge in [-0.15, -0.1) is 0 Å². The number of hydrogen-bond acceptors (Lipinski definition) is 2. The van der Waals surface area contributed by atoms with E-state index in [-0.39, 0.29) is 18.4 Å². The van der Waals surface area contributed by atoms with Gasteiger partial charge in [0, 0.05) is 13.1 Å². The molecule has 0 bridgehead atoms. The second kappa shape index (κ2) is 6.41. The van der Waals surface area contributed by atoms with Gasteiger partial charge in [-0.1, -0.05) is 43.3 Å². The van der Waals surface area contributed by atoms with Crippen LogP contribution in [0.15, 0.2) is 42.5 Å². The van der Waals surface area contributed by atoms with E-state index in [1.165, 1.54) is 5.39 Å². The Kier molecular flexibility index (Phi) is 4.33. The summed E-state index contributed by atoms with van der Waals surface area (Å²) in [5.74, 6) is 0.0750. The van der Waals surface area contributed by atoms with E-state index in [0.717, 1.165) is 17.4 Å². The Morgan fingerprint density at radius 3 is 2.57 bits per heavy atom. The fraction of sp³-hybridized carbons (Fsp3) is 0.368. The van der Waals surface area contributed by atoms with E-state index >= 15 is 0 Å². The van der Waals surface area contributed by atoms with Gasteiger partial charge in [-0.2, -0.15) is 0 Å². The lowest BCUT2D eigenvalue weighted by Crippen LogP contribution is -2.58. The second-order valence-corrected chi connectivity index (χ2v) is 6.14. The normalized spacial score (nSPS) is 18.8. The van der Waals surface area contributed by atoms with Crippen LogP contribution in [0.2, 0.25) is 0 Å². The standard InChI is InChI=1S/C19H22N2O2/c1-3-10-20-13-18(22)21(14(2)19(20)23)12-15-8-9-16-6-4-5-7-17(16)11-15/h4-9,11,14H,3,10,12-13H2,1-2H3/t14-/m1/s1. The molecule has 1 heterocycles. The second-order valence-electron chi connectivity index (χ2n) is 6.14. The number of carbonyl (C=O) groups is 2. The number of hydrogen-bond donors (Lipinski definition) is 0. The van der Waals surface area contributed by atoms with Crippen molar-refractivity contribution in [3.8, 4) is 0 Å². The van der Waals surface area contributed by atoms with E-state index in [1.807, 2.05) is 32.0 Å². The highest BCUT2D eigenvalue weighted by atomic mass is 16.2. The molecule has 0 aromatic heterocycles. The molecule has 1 saturated heterocycles. The van der Waals surface area contributed by atoms with Crippen molar-refractivity contribution in [2.24, 2.45) is 0 Å². The maximum absolute atomic E-state index is 12.4. The van der Waals surface area contributed by atoms with Crippen molar-refractivity contribution in [3.05, 3.63) is 48.0 Å². The molecular formula is C19H22N2O2. The third-order valence-electron chi connectivity index (χ3n) is 4.44. The van der Waals surface area contributed by atoms with Crippen LogP contribution in [-0.2, 0) is 16.1 Å². The van der Waals surface area contributed by atoms with Gasteiger partial charge in [0.15, 0.2) is 0 Å². The molecule has 1 aliphatic heterocycles. The van der Waals surface area contributed by atoms with Gasteiger partial charge >= 0.3 is 0 Å². The van der Waals surface area contributed by atoms with E-state index in [4.69, 9.17) is 0 Å². The fourth-order valence-corrected chi connectivity index (χ4v) is 3.16. The molecule has 0 aliphatic carbocycles. The van der Waals surface area contributed by atoms with Crippen LogP contribution < -0.4 is 0 Å². The van der Waals surface area contributed by atoms with Crippen LogP contribution >= 0.6 is 0 Å². The predicted octanol–water partition coefficient (Wildman–Crippen LogP) is 2.81. The van der Waals surface area contributed by atoms with Crippen LogP contribution in [0, 0.1) is 0 Å². The number of piperazine rings is 1. The molecule has 0 saturated carbocycles.